The Labute approximate surface area is 248 Å². The molecule has 0 aliphatic carbocycles. The van der Waals surface area contributed by atoms with E-state index in [4.69, 9.17) is 14.1 Å². The lowest BCUT2D eigenvalue weighted by Gasteiger charge is -2.23. The van der Waals surface area contributed by atoms with Gasteiger partial charge in [-0.3, -0.25) is 0 Å². The molecule has 5 aromatic rings. The molecule has 0 saturated heterocycles. The molecule has 42 heavy (non-hydrogen) atoms. The van der Waals surface area contributed by atoms with Gasteiger partial charge in [0, 0.05) is 29.9 Å². The third-order valence-electron chi connectivity index (χ3n) is 7.66. The molecule has 0 saturated carbocycles. The molecule has 0 spiro atoms. The molecule has 0 N–H and O–H groups in total. The van der Waals surface area contributed by atoms with Crippen molar-refractivity contribution in [2.45, 2.75) is 48.5 Å². The normalized spacial score (nSPS) is 11.0. The molecule has 3 aromatic carbocycles. The molecule has 0 bridgehead atoms. The number of hydrogen-bond donors (Lipinski definition) is 0. The van der Waals surface area contributed by atoms with Crippen molar-refractivity contribution in [1.29, 1.82) is 0 Å². The number of esters is 1. The maximum Gasteiger partial charge on any atom is 0.340 e. The minimum Gasteiger partial charge on any atom is -0.405 e. The van der Waals surface area contributed by atoms with Crippen LogP contribution in [0.3, 0.4) is 0 Å². The van der Waals surface area contributed by atoms with E-state index >= 15 is 0 Å². The van der Waals surface area contributed by atoms with Crippen molar-refractivity contribution < 1.29 is 13.9 Å². The van der Waals surface area contributed by atoms with Crippen LogP contribution in [-0.4, -0.2) is 27.2 Å². The molecular formula is C35H36BN3O3. The molecular weight excluding hydrogens is 521 g/mol. The van der Waals surface area contributed by atoms with E-state index in [0.29, 0.717) is 5.89 Å². The van der Waals surface area contributed by atoms with E-state index in [1.54, 1.807) is 6.92 Å². The van der Waals surface area contributed by atoms with Gasteiger partial charge in [-0.2, -0.15) is 0 Å². The number of imidazole rings is 1. The highest BCUT2D eigenvalue weighted by molar-refractivity contribution is 6.95. The fourth-order valence-corrected chi connectivity index (χ4v) is 6.01. The van der Waals surface area contributed by atoms with Crippen LogP contribution in [0.2, 0.25) is 0 Å². The summed E-state index contributed by atoms with van der Waals surface area (Å²) in [6.07, 6.45) is 3.47. The van der Waals surface area contributed by atoms with Gasteiger partial charge in [0.1, 0.15) is 6.20 Å². The first-order valence-electron chi connectivity index (χ1n) is 14.1. The predicted octanol–water partition coefficient (Wildman–Crippen LogP) is 5.59. The van der Waals surface area contributed by atoms with Crippen molar-refractivity contribution >= 4 is 29.3 Å². The van der Waals surface area contributed by atoms with Gasteiger partial charge in [-0.25, -0.2) is 14.8 Å². The molecule has 6 nitrogen and oxygen atoms in total. The average molecular weight is 558 g/mol. The Bertz CT molecular complexity index is 1740. The Hall–Kier alpha value is -4.65. The summed E-state index contributed by atoms with van der Waals surface area (Å²) in [5, 5.41) is 0. The number of ether oxygens (including phenoxy) is 1. The Balaban J connectivity index is 1.60. The first-order chi connectivity index (χ1) is 19.9. The van der Waals surface area contributed by atoms with Crippen LogP contribution in [0, 0.1) is 41.5 Å². The second-order valence-electron chi connectivity index (χ2n) is 11.4. The maximum atomic E-state index is 11.9. The molecule has 212 valence electrons. The molecule has 0 amide bonds. The number of carbonyl (C=O) groups is 1. The second-order valence-corrected chi connectivity index (χ2v) is 11.4. The minimum atomic E-state index is -0.555. The lowest BCUT2D eigenvalue weighted by atomic mass is 9.37. The van der Waals surface area contributed by atoms with Crippen molar-refractivity contribution in [2.75, 3.05) is 0 Å². The van der Waals surface area contributed by atoms with E-state index in [1.807, 2.05) is 24.3 Å². The quantitative estimate of drug-likeness (QED) is 0.148. The Kier molecular flexibility index (Phi) is 7.78. The predicted molar refractivity (Wildman–Crippen MR) is 171 cm³/mol. The number of aromatic nitrogens is 3. The summed E-state index contributed by atoms with van der Waals surface area (Å²) in [7, 11) is 2.07. The van der Waals surface area contributed by atoms with Crippen LogP contribution >= 0.6 is 0 Å². The molecule has 0 atom stereocenters. The van der Waals surface area contributed by atoms with Crippen molar-refractivity contribution in [2.24, 2.45) is 7.05 Å². The number of oxazole rings is 1. The van der Waals surface area contributed by atoms with Gasteiger partial charge in [-0.05, 0) is 60.6 Å². The number of benzene rings is 3. The van der Waals surface area contributed by atoms with Gasteiger partial charge < -0.3 is 13.7 Å². The SMILES string of the molecule is C=C(C)C(=O)Oc1cnc(-c2cccc(-c3cn(C)c(B(c4c(C)cc(C)cc4C)c4c(C)cc(C)cc4C)n3)c2)o1. The fraction of sp³-hybridized carbons (Fsp3) is 0.229. The summed E-state index contributed by atoms with van der Waals surface area (Å²) in [6.45, 7) is 18.2. The van der Waals surface area contributed by atoms with Gasteiger partial charge >= 0.3 is 11.9 Å². The summed E-state index contributed by atoms with van der Waals surface area (Å²) in [6, 6.07) is 16.9. The summed E-state index contributed by atoms with van der Waals surface area (Å²) in [5.74, 6) is -0.175. The Morgan fingerprint density at radius 2 is 1.43 bits per heavy atom. The van der Waals surface area contributed by atoms with Crippen LogP contribution < -0.4 is 21.4 Å². The van der Waals surface area contributed by atoms with E-state index in [9.17, 15) is 4.79 Å². The minimum absolute atomic E-state index is 0.0269. The highest BCUT2D eigenvalue weighted by Gasteiger charge is 2.32. The molecule has 0 unspecified atom stereocenters. The van der Waals surface area contributed by atoms with E-state index < -0.39 is 5.97 Å². The topological polar surface area (TPSA) is 70.2 Å². The zero-order chi connectivity index (χ0) is 30.3. The number of carbonyl (C=O) groups excluding carboxylic acids is 1. The van der Waals surface area contributed by atoms with Crippen molar-refractivity contribution in [3.8, 4) is 28.7 Å². The lowest BCUT2D eigenvalue weighted by molar-refractivity contribution is -0.131. The van der Waals surface area contributed by atoms with Gasteiger partial charge in [0.15, 0.2) is 0 Å². The van der Waals surface area contributed by atoms with Crippen LogP contribution in [0.1, 0.15) is 40.3 Å². The Morgan fingerprint density at radius 3 is 1.98 bits per heavy atom. The molecule has 7 heteroatoms. The molecule has 0 radical (unpaired) electrons. The highest BCUT2D eigenvalue weighted by Crippen LogP contribution is 2.27. The molecule has 0 fully saturated rings. The van der Waals surface area contributed by atoms with Crippen molar-refractivity contribution in [3.05, 3.63) is 106 Å². The van der Waals surface area contributed by atoms with E-state index in [1.165, 1.54) is 50.5 Å². The standard InChI is InChI=1S/C35H36BN3O3/c1-20(2)34(40)42-30-18-37-33(41-30)28-12-10-11-27(17-28)29-19-39(9)35(38-29)36(31-23(5)13-21(3)14-24(31)6)32-25(7)15-22(4)16-26(32)8/h10-19H,1H2,2-9H3. The van der Waals surface area contributed by atoms with Crippen molar-refractivity contribution in [3.63, 3.8) is 0 Å². The van der Waals surface area contributed by atoms with Crippen LogP contribution in [0.5, 0.6) is 5.95 Å². The second kappa shape index (κ2) is 11.3. The summed E-state index contributed by atoms with van der Waals surface area (Å²) >= 11 is 0. The van der Waals surface area contributed by atoms with Crippen LogP contribution in [-0.2, 0) is 11.8 Å². The molecule has 2 heterocycles. The third-order valence-corrected chi connectivity index (χ3v) is 7.66. The van der Waals surface area contributed by atoms with E-state index in [0.717, 1.165) is 22.5 Å². The van der Waals surface area contributed by atoms with Gasteiger partial charge in [-0.15, -0.1) is 0 Å². The summed E-state index contributed by atoms with van der Waals surface area (Å²) < 4.78 is 13.1. The van der Waals surface area contributed by atoms with Crippen LogP contribution in [0.4, 0.5) is 0 Å². The zero-order valence-electron chi connectivity index (χ0n) is 25.6. The number of aryl methyl sites for hydroxylation is 7. The maximum absolute atomic E-state index is 11.9. The number of nitrogens with zero attached hydrogens (tertiary/aromatic N) is 3. The monoisotopic (exact) mass is 557 g/mol. The fourth-order valence-electron chi connectivity index (χ4n) is 6.01. The highest BCUT2D eigenvalue weighted by atomic mass is 16.6. The summed E-state index contributed by atoms with van der Waals surface area (Å²) in [5.41, 5.74) is 13.9. The largest absolute Gasteiger partial charge is 0.405 e. The summed E-state index contributed by atoms with van der Waals surface area (Å²) in [4.78, 5) is 21.5. The first-order valence-corrected chi connectivity index (χ1v) is 14.1. The van der Waals surface area contributed by atoms with Gasteiger partial charge in [0.2, 0.25) is 5.89 Å². The molecule has 0 aliphatic heterocycles. The van der Waals surface area contributed by atoms with Gasteiger partial charge in [-0.1, -0.05) is 87.3 Å². The zero-order valence-corrected chi connectivity index (χ0v) is 25.6. The Morgan fingerprint density at radius 1 is 0.881 bits per heavy atom. The first kappa shape index (κ1) is 28.9. The lowest BCUT2D eigenvalue weighted by Crippen LogP contribution is -2.58. The third kappa shape index (κ3) is 5.60. The van der Waals surface area contributed by atoms with E-state index in [-0.39, 0.29) is 18.2 Å². The van der Waals surface area contributed by atoms with Crippen LogP contribution in [0.15, 0.2) is 77.5 Å². The smallest absolute Gasteiger partial charge is 0.340 e. The van der Waals surface area contributed by atoms with Crippen LogP contribution in [0.25, 0.3) is 22.7 Å². The average Bonchev–Trinajstić information content (AvgIpc) is 3.53. The van der Waals surface area contributed by atoms with Crippen molar-refractivity contribution in [1.82, 2.24) is 14.5 Å². The molecule has 5 rings (SSSR count). The number of hydrogen-bond acceptors (Lipinski definition) is 5. The van der Waals surface area contributed by atoms with Gasteiger partial charge in [0.25, 0.3) is 6.71 Å². The number of rotatable bonds is 7. The molecule has 2 aromatic heterocycles. The molecule has 0 aliphatic rings. The van der Waals surface area contributed by atoms with Gasteiger partial charge in [0.05, 0.1) is 11.4 Å². The van der Waals surface area contributed by atoms with E-state index in [2.05, 4.69) is 95.2 Å².